The number of rotatable bonds is 7. The minimum atomic E-state index is 0.521. The Bertz CT molecular complexity index is 818. The van der Waals surface area contributed by atoms with Crippen molar-refractivity contribution in [3.05, 3.63) is 115 Å². The van der Waals surface area contributed by atoms with Gasteiger partial charge in [-0.05, 0) is 0 Å². The van der Waals surface area contributed by atoms with Crippen molar-refractivity contribution in [2.45, 2.75) is 11.7 Å². The predicted octanol–water partition coefficient (Wildman–Crippen LogP) is 5.62. The Morgan fingerprint density at radius 2 is 1.24 bits per heavy atom. The van der Waals surface area contributed by atoms with Crippen molar-refractivity contribution in [3.8, 4) is 0 Å². The molecule has 0 fully saturated rings. The summed E-state index contributed by atoms with van der Waals surface area (Å²) < 4.78 is 1.46. The Morgan fingerprint density at radius 3 is 1.84 bits per heavy atom. The van der Waals surface area contributed by atoms with Gasteiger partial charge in [0.25, 0.3) is 0 Å². The normalized spacial score (nSPS) is 11.3. The summed E-state index contributed by atoms with van der Waals surface area (Å²) >= 11 is 0.521. The van der Waals surface area contributed by atoms with Gasteiger partial charge in [0.2, 0.25) is 0 Å². The molecule has 0 aliphatic heterocycles. The first kappa shape index (κ1) is 17.5. The second-order valence-electron chi connectivity index (χ2n) is 5.78. The van der Waals surface area contributed by atoms with Crippen LogP contribution in [-0.2, 0) is 0 Å². The molecule has 0 N–H and O–H groups in total. The number of allylic oxidation sites excluding steroid dienone is 3. The molecule has 25 heavy (non-hydrogen) atoms. The van der Waals surface area contributed by atoms with Gasteiger partial charge in [-0.1, -0.05) is 0 Å². The van der Waals surface area contributed by atoms with Crippen LogP contribution in [0.3, 0.4) is 0 Å². The van der Waals surface area contributed by atoms with E-state index in [4.69, 9.17) is 0 Å². The van der Waals surface area contributed by atoms with E-state index in [1.54, 1.807) is 0 Å². The van der Waals surface area contributed by atoms with Crippen LogP contribution in [0.25, 0.3) is 11.1 Å². The van der Waals surface area contributed by atoms with Gasteiger partial charge in [-0.25, -0.2) is 0 Å². The first-order chi connectivity index (χ1) is 12.3. The Kier molecular flexibility index (Phi) is 6.45. The van der Waals surface area contributed by atoms with E-state index in [0.717, 1.165) is 12.0 Å². The fraction of sp³-hybridized carbons (Fsp3) is 0.0833. The van der Waals surface area contributed by atoms with Crippen molar-refractivity contribution in [1.82, 2.24) is 0 Å². The molecular weight excluding hydrogens is 367 g/mol. The van der Waals surface area contributed by atoms with Crippen LogP contribution in [0.15, 0.2) is 104 Å². The minimum absolute atomic E-state index is 0.521. The maximum absolute atomic E-state index is 4.38. The van der Waals surface area contributed by atoms with Gasteiger partial charge in [0.05, 0.1) is 0 Å². The summed E-state index contributed by atoms with van der Waals surface area (Å²) in [4.78, 5) is 0. The van der Waals surface area contributed by atoms with Crippen molar-refractivity contribution in [1.29, 1.82) is 0 Å². The monoisotopic (exact) mass is 390 g/mol. The molecule has 0 spiro atoms. The van der Waals surface area contributed by atoms with Crippen LogP contribution in [-0.4, -0.2) is 15.0 Å². The summed E-state index contributed by atoms with van der Waals surface area (Å²) in [6, 6.07) is 31.8. The maximum atomic E-state index is 4.38. The fourth-order valence-electron chi connectivity index (χ4n) is 2.72. The molecule has 0 saturated carbocycles. The van der Waals surface area contributed by atoms with Crippen molar-refractivity contribution < 1.29 is 0 Å². The van der Waals surface area contributed by atoms with Gasteiger partial charge < -0.3 is 0 Å². The Morgan fingerprint density at radius 1 is 0.720 bits per heavy atom. The summed E-state index contributed by atoms with van der Waals surface area (Å²) in [6.45, 7) is 4.38. The summed E-state index contributed by atoms with van der Waals surface area (Å²) in [5.74, 6) is 0. The van der Waals surface area contributed by atoms with E-state index in [1.165, 1.54) is 26.5 Å². The summed E-state index contributed by atoms with van der Waals surface area (Å²) in [5, 5.41) is 1.20. The topological polar surface area (TPSA) is 0 Å². The molecule has 0 aromatic heterocycles. The quantitative estimate of drug-likeness (QED) is 0.279. The molecule has 0 nitrogen and oxygen atoms in total. The van der Waals surface area contributed by atoms with Crippen LogP contribution >= 0.6 is 0 Å². The van der Waals surface area contributed by atoms with Crippen LogP contribution < -0.4 is 4.46 Å². The van der Waals surface area contributed by atoms with E-state index in [2.05, 4.69) is 97.6 Å². The van der Waals surface area contributed by atoms with Crippen LogP contribution in [0, 0.1) is 0 Å². The molecule has 1 heteroatoms. The molecule has 0 radical (unpaired) electrons. The third-order valence-corrected chi connectivity index (χ3v) is 6.20. The summed E-state index contributed by atoms with van der Waals surface area (Å²) in [5.41, 5.74) is 4.77. The third kappa shape index (κ3) is 5.06. The molecule has 3 rings (SSSR count). The summed E-state index contributed by atoms with van der Waals surface area (Å²) in [7, 11) is 0. The van der Waals surface area contributed by atoms with Crippen molar-refractivity contribution in [2.24, 2.45) is 0 Å². The SMILES string of the molecule is C=C(/C(=C/CC[Se]c1ccccc1)c1ccccc1)c1ccccc1. The first-order valence-electron chi connectivity index (χ1n) is 8.53. The first-order valence-corrected chi connectivity index (χ1v) is 10.6. The standard InChI is InChI=1S/C24H22Se/c1-20(21-12-5-2-6-13-21)24(22-14-7-3-8-15-22)18-11-19-25-23-16-9-4-10-17-23/h2-10,12-18H,1,11,19H2/b24-18-. The number of benzene rings is 3. The van der Waals surface area contributed by atoms with Gasteiger partial charge in [0.15, 0.2) is 0 Å². The Balaban J connectivity index is 1.76. The zero-order valence-corrected chi connectivity index (χ0v) is 16.0. The second-order valence-corrected chi connectivity index (χ2v) is 8.23. The molecule has 0 amide bonds. The van der Waals surface area contributed by atoms with Gasteiger partial charge in [-0.2, -0.15) is 0 Å². The Hall–Kier alpha value is -2.34. The number of hydrogen-bond acceptors (Lipinski definition) is 0. The third-order valence-electron chi connectivity index (χ3n) is 4.01. The van der Waals surface area contributed by atoms with Gasteiger partial charge in [0.1, 0.15) is 0 Å². The van der Waals surface area contributed by atoms with Gasteiger partial charge in [-0.15, -0.1) is 0 Å². The van der Waals surface area contributed by atoms with Crippen molar-refractivity contribution >= 4 is 30.6 Å². The molecular formula is C24H22Se. The molecule has 0 heterocycles. The zero-order chi connectivity index (χ0) is 17.3. The van der Waals surface area contributed by atoms with E-state index < -0.39 is 0 Å². The van der Waals surface area contributed by atoms with Crippen LogP contribution in [0.2, 0.25) is 5.32 Å². The fourth-order valence-corrected chi connectivity index (χ4v) is 4.45. The average molecular weight is 389 g/mol. The van der Waals surface area contributed by atoms with Gasteiger partial charge in [0, 0.05) is 0 Å². The predicted molar refractivity (Wildman–Crippen MR) is 111 cm³/mol. The molecule has 0 aliphatic carbocycles. The molecule has 0 saturated heterocycles. The zero-order valence-electron chi connectivity index (χ0n) is 14.3. The molecule has 3 aromatic rings. The Labute approximate surface area is 157 Å². The average Bonchev–Trinajstić information content (AvgIpc) is 2.70. The molecule has 0 unspecified atom stereocenters. The van der Waals surface area contributed by atoms with E-state index in [-0.39, 0.29) is 0 Å². The van der Waals surface area contributed by atoms with Gasteiger partial charge in [-0.3, -0.25) is 0 Å². The van der Waals surface area contributed by atoms with Crippen LogP contribution in [0.1, 0.15) is 17.5 Å². The van der Waals surface area contributed by atoms with Crippen LogP contribution in [0.4, 0.5) is 0 Å². The molecule has 0 atom stereocenters. The molecule has 124 valence electrons. The number of hydrogen-bond donors (Lipinski definition) is 0. The van der Waals surface area contributed by atoms with E-state index >= 15 is 0 Å². The summed E-state index contributed by atoms with van der Waals surface area (Å²) in [6.07, 6.45) is 3.43. The van der Waals surface area contributed by atoms with E-state index in [9.17, 15) is 0 Å². The van der Waals surface area contributed by atoms with E-state index in [0.29, 0.717) is 15.0 Å². The molecule has 0 bridgehead atoms. The van der Waals surface area contributed by atoms with E-state index in [1.807, 2.05) is 6.07 Å². The van der Waals surface area contributed by atoms with Gasteiger partial charge >= 0.3 is 157 Å². The van der Waals surface area contributed by atoms with Crippen LogP contribution in [0.5, 0.6) is 0 Å². The van der Waals surface area contributed by atoms with Crippen molar-refractivity contribution in [2.75, 3.05) is 0 Å². The second kappa shape index (κ2) is 9.22. The van der Waals surface area contributed by atoms with Crippen molar-refractivity contribution in [3.63, 3.8) is 0 Å². The molecule has 3 aromatic carbocycles. The molecule has 0 aliphatic rings.